The highest BCUT2D eigenvalue weighted by molar-refractivity contribution is 7.89. The lowest BCUT2D eigenvalue weighted by atomic mass is 10.0. The van der Waals surface area contributed by atoms with Gasteiger partial charge in [0.1, 0.15) is 0 Å². The van der Waals surface area contributed by atoms with Crippen molar-refractivity contribution in [1.82, 2.24) is 4.31 Å². The number of nitrogens with two attached hydrogens (primary N) is 1. The predicted molar refractivity (Wildman–Crippen MR) is 64.6 cm³/mol. The van der Waals surface area contributed by atoms with Gasteiger partial charge < -0.3 is 5.73 Å². The first kappa shape index (κ1) is 12.3. The van der Waals surface area contributed by atoms with Gasteiger partial charge in [0.05, 0.1) is 5.25 Å². The van der Waals surface area contributed by atoms with Crippen molar-refractivity contribution in [3.8, 4) is 0 Å². The Balaban J connectivity index is 2.07. The highest BCUT2D eigenvalue weighted by atomic mass is 32.2. The van der Waals surface area contributed by atoms with Gasteiger partial charge in [0.15, 0.2) is 0 Å². The summed E-state index contributed by atoms with van der Waals surface area (Å²) in [6, 6.07) is 0.260. The Kier molecular flexibility index (Phi) is 3.87. The van der Waals surface area contributed by atoms with Gasteiger partial charge in [0.2, 0.25) is 10.0 Å². The molecule has 0 aromatic heterocycles. The Labute approximate surface area is 98.2 Å². The van der Waals surface area contributed by atoms with Crippen molar-refractivity contribution in [3.05, 3.63) is 0 Å². The quantitative estimate of drug-likeness (QED) is 0.789. The standard InChI is InChI=1S/C11H22N2O2S/c12-8-9-13(10-6-7-10)16(14,15)11-4-2-1-3-5-11/h10-11H,1-9,12H2. The highest BCUT2D eigenvalue weighted by Crippen LogP contribution is 2.33. The summed E-state index contributed by atoms with van der Waals surface area (Å²) in [5.74, 6) is 0. The second-order valence-corrected chi connectivity index (χ2v) is 7.10. The molecule has 0 unspecified atom stereocenters. The van der Waals surface area contributed by atoms with E-state index in [4.69, 9.17) is 5.73 Å². The van der Waals surface area contributed by atoms with Gasteiger partial charge in [-0.2, -0.15) is 4.31 Å². The number of rotatable bonds is 5. The zero-order chi connectivity index (χ0) is 11.6. The lowest BCUT2D eigenvalue weighted by Crippen LogP contribution is -2.43. The molecule has 2 saturated carbocycles. The minimum Gasteiger partial charge on any atom is -0.329 e. The summed E-state index contributed by atoms with van der Waals surface area (Å²) < 4.78 is 26.5. The molecule has 2 aliphatic rings. The zero-order valence-corrected chi connectivity index (χ0v) is 10.6. The molecule has 0 aromatic rings. The van der Waals surface area contributed by atoms with Gasteiger partial charge in [-0.05, 0) is 25.7 Å². The highest BCUT2D eigenvalue weighted by Gasteiger charge is 2.40. The fourth-order valence-electron chi connectivity index (χ4n) is 2.56. The topological polar surface area (TPSA) is 63.4 Å². The molecule has 2 fully saturated rings. The van der Waals surface area contributed by atoms with Crippen LogP contribution in [0.15, 0.2) is 0 Å². The summed E-state index contributed by atoms with van der Waals surface area (Å²) in [6.45, 7) is 0.936. The predicted octanol–water partition coefficient (Wildman–Crippen LogP) is 1.07. The fourth-order valence-corrected chi connectivity index (χ4v) is 4.86. The third-order valence-corrected chi connectivity index (χ3v) is 6.05. The minimum atomic E-state index is -3.07. The second-order valence-electron chi connectivity index (χ2n) is 4.94. The van der Waals surface area contributed by atoms with Crippen molar-refractivity contribution in [1.29, 1.82) is 0 Å². The summed E-state index contributed by atoms with van der Waals surface area (Å²) in [4.78, 5) is 0. The van der Waals surface area contributed by atoms with Crippen molar-refractivity contribution in [3.63, 3.8) is 0 Å². The van der Waals surface area contributed by atoms with E-state index in [1.807, 2.05) is 0 Å². The van der Waals surface area contributed by atoms with Gasteiger partial charge in [-0.15, -0.1) is 0 Å². The summed E-state index contributed by atoms with van der Waals surface area (Å²) in [5, 5.41) is -0.131. The molecule has 0 bridgehead atoms. The normalized spacial score (nSPS) is 23.9. The van der Waals surface area contributed by atoms with Crippen LogP contribution in [0.4, 0.5) is 0 Å². The van der Waals surface area contributed by atoms with Crippen molar-refractivity contribution >= 4 is 10.0 Å². The van der Waals surface area contributed by atoms with E-state index < -0.39 is 10.0 Å². The zero-order valence-electron chi connectivity index (χ0n) is 9.77. The van der Waals surface area contributed by atoms with Crippen molar-refractivity contribution < 1.29 is 8.42 Å². The molecule has 4 nitrogen and oxygen atoms in total. The van der Waals surface area contributed by atoms with E-state index in [1.165, 1.54) is 6.42 Å². The third-order valence-electron chi connectivity index (χ3n) is 3.60. The molecule has 0 amide bonds. The largest absolute Gasteiger partial charge is 0.329 e. The molecule has 2 aliphatic carbocycles. The monoisotopic (exact) mass is 246 g/mol. The first-order valence-electron chi connectivity index (χ1n) is 6.37. The van der Waals surface area contributed by atoms with Crippen LogP contribution in [0.25, 0.3) is 0 Å². The van der Waals surface area contributed by atoms with Crippen LogP contribution in [-0.2, 0) is 10.0 Å². The summed E-state index contributed by atoms with van der Waals surface area (Å²) in [6.07, 6.45) is 7.03. The maximum absolute atomic E-state index is 12.4. The molecule has 16 heavy (non-hydrogen) atoms. The summed E-state index contributed by atoms with van der Waals surface area (Å²) >= 11 is 0. The molecule has 2 rings (SSSR count). The van der Waals surface area contributed by atoms with E-state index in [1.54, 1.807) is 4.31 Å². The van der Waals surface area contributed by atoms with Gasteiger partial charge in [0.25, 0.3) is 0 Å². The molecule has 0 spiro atoms. The van der Waals surface area contributed by atoms with Crippen molar-refractivity contribution in [2.24, 2.45) is 5.73 Å². The average Bonchev–Trinajstić information content (AvgIpc) is 3.11. The molecule has 0 radical (unpaired) electrons. The van der Waals surface area contributed by atoms with Crippen LogP contribution in [0.5, 0.6) is 0 Å². The van der Waals surface area contributed by atoms with Crippen LogP contribution < -0.4 is 5.73 Å². The van der Waals surface area contributed by atoms with Gasteiger partial charge in [-0.1, -0.05) is 19.3 Å². The van der Waals surface area contributed by atoms with E-state index in [-0.39, 0.29) is 11.3 Å². The van der Waals surface area contributed by atoms with E-state index in [0.29, 0.717) is 13.1 Å². The number of sulfonamides is 1. The van der Waals surface area contributed by atoms with Crippen LogP contribution in [0.2, 0.25) is 0 Å². The Bertz CT molecular complexity index is 319. The van der Waals surface area contributed by atoms with E-state index in [0.717, 1.165) is 38.5 Å². The van der Waals surface area contributed by atoms with E-state index >= 15 is 0 Å². The van der Waals surface area contributed by atoms with Crippen LogP contribution in [0, 0.1) is 0 Å². The molecular formula is C11H22N2O2S. The molecule has 0 aromatic carbocycles. The van der Waals surface area contributed by atoms with Crippen molar-refractivity contribution in [2.45, 2.75) is 56.2 Å². The Morgan fingerprint density at radius 2 is 1.69 bits per heavy atom. The number of nitrogens with zero attached hydrogens (tertiary/aromatic N) is 1. The van der Waals surface area contributed by atoms with Gasteiger partial charge in [0, 0.05) is 19.1 Å². The first-order valence-corrected chi connectivity index (χ1v) is 7.87. The smallest absolute Gasteiger partial charge is 0.217 e. The summed E-state index contributed by atoms with van der Waals surface area (Å²) in [7, 11) is -3.07. The molecule has 94 valence electrons. The summed E-state index contributed by atoms with van der Waals surface area (Å²) in [5.41, 5.74) is 5.52. The Morgan fingerprint density at radius 3 is 2.19 bits per heavy atom. The average molecular weight is 246 g/mol. The molecule has 0 atom stereocenters. The Hall–Kier alpha value is -0.130. The van der Waals surface area contributed by atoms with Crippen LogP contribution in [0.1, 0.15) is 44.9 Å². The van der Waals surface area contributed by atoms with Crippen LogP contribution in [0.3, 0.4) is 0 Å². The SMILES string of the molecule is NCCN(C1CC1)S(=O)(=O)C1CCCCC1. The minimum absolute atomic E-state index is 0.131. The number of hydrogen-bond donors (Lipinski definition) is 1. The van der Waals surface area contributed by atoms with Gasteiger partial charge in [-0.25, -0.2) is 8.42 Å². The molecular weight excluding hydrogens is 224 g/mol. The maximum atomic E-state index is 12.4. The first-order chi connectivity index (χ1) is 7.66. The Morgan fingerprint density at radius 1 is 1.06 bits per heavy atom. The van der Waals surface area contributed by atoms with Gasteiger partial charge in [-0.3, -0.25) is 0 Å². The van der Waals surface area contributed by atoms with Crippen LogP contribution in [-0.4, -0.2) is 37.1 Å². The molecule has 5 heteroatoms. The van der Waals surface area contributed by atoms with E-state index in [2.05, 4.69) is 0 Å². The second kappa shape index (κ2) is 5.02. The van der Waals surface area contributed by atoms with Crippen LogP contribution >= 0.6 is 0 Å². The van der Waals surface area contributed by atoms with E-state index in [9.17, 15) is 8.42 Å². The number of hydrogen-bond acceptors (Lipinski definition) is 3. The maximum Gasteiger partial charge on any atom is 0.217 e. The van der Waals surface area contributed by atoms with Gasteiger partial charge >= 0.3 is 0 Å². The lowest BCUT2D eigenvalue weighted by Gasteiger charge is -2.29. The van der Waals surface area contributed by atoms with Crippen molar-refractivity contribution in [2.75, 3.05) is 13.1 Å². The third kappa shape index (κ3) is 2.57. The lowest BCUT2D eigenvalue weighted by molar-refractivity contribution is 0.386. The molecule has 0 heterocycles. The molecule has 0 saturated heterocycles. The molecule has 0 aliphatic heterocycles. The molecule has 2 N–H and O–H groups in total. The fraction of sp³-hybridized carbons (Fsp3) is 1.00.